The van der Waals surface area contributed by atoms with Gasteiger partial charge >= 0.3 is 29.1 Å². The van der Waals surface area contributed by atoms with Crippen LogP contribution in [-0.4, -0.2) is 179 Å². The zero-order valence-corrected chi connectivity index (χ0v) is 90.2. The van der Waals surface area contributed by atoms with Gasteiger partial charge in [0.15, 0.2) is 16.6 Å². The maximum Gasteiger partial charge on any atom is 0.323 e. The zero-order valence-electron chi connectivity index (χ0n) is 84.6. The summed E-state index contributed by atoms with van der Waals surface area (Å²) in [6.45, 7) is 46.3. The Balaban J connectivity index is 0. The molecule has 14 nitrogen and oxygen atoms in total. The average Bonchev–Trinajstić information content (AvgIpc) is 0.855. The molecule has 0 radical (unpaired) electrons. The van der Waals surface area contributed by atoms with Gasteiger partial charge in [-0.1, -0.05) is 338 Å². The minimum absolute atomic E-state index is 0.00714. The number of unbranched alkanes of at least 4 members (excludes halogenated alkanes) is 46. The molecule has 0 rings (SSSR count). The molecular weight excluding hydrogens is 1620 g/mol. The zero-order chi connectivity index (χ0) is 90.3. The van der Waals surface area contributed by atoms with Crippen LogP contribution in [0, 0.1) is 0 Å². The highest BCUT2D eigenvalue weighted by molar-refractivity contribution is 8.00. The summed E-state index contributed by atoms with van der Waals surface area (Å²) < 4.78 is 52.1. The van der Waals surface area contributed by atoms with Crippen LogP contribution in [0.4, 0.5) is 0 Å². The molecule has 0 spiro atoms. The van der Waals surface area contributed by atoms with E-state index in [-0.39, 0.29) is 48.2 Å². The molecule has 122 heavy (non-hydrogen) atoms. The Kier molecular flexibility index (Phi) is 93.2. The minimum Gasteiger partial charge on any atom is -0.465 e. The summed E-state index contributed by atoms with van der Waals surface area (Å²) in [5.74, 6) is 2.18. The van der Waals surface area contributed by atoms with Gasteiger partial charge in [-0.3, -0.25) is 9.59 Å². The first-order valence-electron chi connectivity index (χ1n) is 53.3. The first kappa shape index (κ1) is 124. The fraction of sp³-hybridized carbons (Fsp3) is 0.980. The van der Waals surface area contributed by atoms with Crippen molar-refractivity contribution in [1.29, 1.82) is 0 Å². The normalized spacial score (nSPS) is 13.3. The van der Waals surface area contributed by atoms with Crippen molar-refractivity contribution >= 4 is 69.2 Å². The lowest BCUT2D eigenvalue weighted by atomic mass is 10.1. The van der Waals surface area contributed by atoms with Crippen molar-refractivity contribution in [2.75, 3.05) is 90.4 Å². The highest BCUT2D eigenvalue weighted by atomic mass is 32.2. The quantitative estimate of drug-likeness (QED) is 0.0257. The highest BCUT2D eigenvalue weighted by Gasteiger charge is 2.38. The van der Waals surface area contributed by atoms with Gasteiger partial charge in [0.25, 0.3) is 0 Å². The van der Waals surface area contributed by atoms with Crippen LogP contribution in [0.25, 0.3) is 0 Å². The number of rotatable bonds is 98. The maximum absolute atomic E-state index is 13.1. The Hall–Kier alpha value is 0.108. The summed E-state index contributed by atoms with van der Waals surface area (Å²) in [6, 6.07) is 2.43. The smallest absolute Gasteiger partial charge is 0.323 e. The summed E-state index contributed by atoms with van der Waals surface area (Å²) in [5, 5.41) is 18.9. The molecule has 732 valence electrons. The number of aliphatic hydroxyl groups excluding tert-OH is 2. The number of nitrogens with zero attached hydrogens (tertiary/aromatic N) is 2. The van der Waals surface area contributed by atoms with Crippen molar-refractivity contribution < 1.29 is 55.8 Å². The molecule has 0 saturated carbocycles. The molecule has 0 aliphatic carbocycles. The van der Waals surface area contributed by atoms with E-state index in [0.717, 1.165) is 192 Å². The van der Waals surface area contributed by atoms with Crippen LogP contribution >= 0.6 is 23.5 Å². The number of ether oxygens (including phenoxy) is 4. The third-order valence-electron chi connectivity index (χ3n) is 23.9. The molecular formula is C102H214N2O12S2Si4. The SMILES string of the molecule is CCCCCCCCOC(CCCCCN(CCCCO)CCCCCCOC(=O)C(CCCCCCCC)SCCCCC)O[Si](C)(C)O[Si](C)(C)CCCCCCCC.CCCCCCCCOC(CCCCCN(CCCCO)CCCCCCOC(=O)C(CCCCCCCC)SCCCCC)O[Si](C)(C)O[Si](C)(C)CCCCCCCC. The topological polar surface area (TPSA) is 155 Å². The van der Waals surface area contributed by atoms with Gasteiger partial charge in [0, 0.05) is 26.4 Å². The van der Waals surface area contributed by atoms with Crippen LogP contribution < -0.4 is 0 Å². The van der Waals surface area contributed by atoms with Crippen LogP contribution in [0.15, 0.2) is 0 Å². The standard InChI is InChI=1S/2C51H107NO6SSi2/c2*1-9-13-17-20-23-29-39-49(59-47-37-16-12-4)51(54)56-46-36-26-24-31-41-52(43-33-34-44-53)42-32-28-30-40-50(55-45-35-25-21-18-14-10-2)57-61(7,8)58-60(5,6)48-38-27-22-19-15-11-3/h2*49-50,53H,9-48H2,1-8H3. The van der Waals surface area contributed by atoms with Gasteiger partial charge in [0.2, 0.25) is 0 Å². The molecule has 4 atom stereocenters. The molecule has 20 heteroatoms. The lowest BCUT2D eigenvalue weighted by molar-refractivity contribution is -0.144. The molecule has 0 aliphatic rings. The van der Waals surface area contributed by atoms with Gasteiger partial charge in [-0.25, -0.2) is 0 Å². The molecule has 0 amide bonds. The Bertz CT molecular complexity index is 2010. The number of thioether (sulfide) groups is 2. The van der Waals surface area contributed by atoms with Crippen LogP contribution in [0.2, 0.25) is 64.5 Å². The fourth-order valence-corrected chi connectivity index (χ4v) is 34.6. The Labute approximate surface area is 773 Å². The summed E-state index contributed by atoms with van der Waals surface area (Å²) in [6.07, 6.45) is 76.4. The van der Waals surface area contributed by atoms with Crippen LogP contribution in [0.5, 0.6) is 0 Å². The van der Waals surface area contributed by atoms with Crippen molar-refractivity contribution in [3.05, 3.63) is 0 Å². The Morgan fingerprint density at radius 3 is 0.795 bits per heavy atom. The van der Waals surface area contributed by atoms with Crippen molar-refractivity contribution in [3.63, 3.8) is 0 Å². The van der Waals surface area contributed by atoms with E-state index in [0.29, 0.717) is 13.2 Å². The van der Waals surface area contributed by atoms with Gasteiger partial charge in [0.1, 0.15) is 23.1 Å². The molecule has 0 fully saturated rings. The van der Waals surface area contributed by atoms with Gasteiger partial charge in [-0.2, -0.15) is 0 Å². The summed E-state index contributed by atoms with van der Waals surface area (Å²) in [7, 11) is -8.31. The van der Waals surface area contributed by atoms with Crippen LogP contribution in [-0.2, 0) is 45.6 Å². The number of carbonyl (C=O) groups is 2. The Morgan fingerprint density at radius 1 is 0.270 bits per heavy atom. The number of esters is 2. The first-order valence-corrected chi connectivity index (χ1v) is 67.3. The minimum atomic E-state index is -2.35. The number of aliphatic hydroxyl groups is 2. The molecule has 0 aromatic rings. The van der Waals surface area contributed by atoms with E-state index in [1.54, 1.807) is 0 Å². The van der Waals surface area contributed by atoms with Gasteiger partial charge in [0.05, 0.1) is 13.2 Å². The van der Waals surface area contributed by atoms with Gasteiger partial charge in [-0.05, 0) is 244 Å². The fourth-order valence-electron chi connectivity index (χ4n) is 16.6. The second-order valence-corrected chi connectivity index (χ2v) is 56.9. The molecule has 2 N–H and O–H groups in total. The molecule has 0 heterocycles. The predicted molar refractivity (Wildman–Crippen MR) is 546 cm³/mol. The third-order valence-corrected chi connectivity index (χ3v) is 39.7. The van der Waals surface area contributed by atoms with E-state index in [9.17, 15) is 19.8 Å². The van der Waals surface area contributed by atoms with E-state index in [4.69, 9.17) is 36.0 Å². The van der Waals surface area contributed by atoms with Crippen molar-refractivity contribution in [3.8, 4) is 0 Å². The van der Waals surface area contributed by atoms with Gasteiger partial charge < -0.3 is 56.0 Å². The van der Waals surface area contributed by atoms with E-state index < -0.39 is 33.8 Å². The number of hydrogen-bond donors (Lipinski definition) is 2. The molecule has 4 unspecified atom stereocenters. The van der Waals surface area contributed by atoms with Crippen molar-refractivity contribution in [2.24, 2.45) is 0 Å². The summed E-state index contributed by atoms with van der Waals surface area (Å²) >= 11 is 3.67. The van der Waals surface area contributed by atoms with Crippen molar-refractivity contribution in [1.82, 2.24) is 9.80 Å². The Morgan fingerprint density at radius 2 is 0.500 bits per heavy atom. The monoisotopic (exact) mass is 1840 g/mol. The average molecular weight is 1840 g/mol. The lowest BCUT2D eigenvalue weighted by Gasteiger charge is -2.36. The first-order chi connectivity index (χ1) is 59.1. The lowest BCUT2D eigenvalue weighted by Crippen LogP contribution is -2.48. The molecule has 0 bridgehead atoms. The molecule has 0 saturated heterocycles. The van der Waals surface area contributed by atoms with Crippen LogP contribution in [0.3, 0.4) is 0 Å². The van der Waals surface area contributed by atoms with E-state index in [1.807, 2.05) is 23.5 Å². The largest absolute Gasteiger partial charge is 0.465 e. The van der Waals surface area contributed by atoms with E-state index in [2.05, 4.69) is 118 Å². The van der Waals surface area contributed by atoms with E-state index in [1.165, 1.54) is 295 Å². The molecule has 0 aromatic carbocycles. The van der Waals surface area contributed by atoms with Crippen LogP contribution in [0.1, 0.15) is 466 Å². The van der Waals surface area contributed by atoms with Crippen molar-refractivity contribution in [2.45, 2.75) is 554 Å². The predicted octanol–water partition coefficient (Wildman–Crippen LogP) is 31.5. The molecule has 0 aliphatic heterocycles. The maximum atomic E-state index is 13.1. The second-order valence-electron chi connectivity index (χ2n) is 38.6. The highest BCUT2D eigenvalue weighted by Crippen LogP contribution is 2.30. The summed E-state index contributed by atoms with van der Waals surface area (Å²) in [5.41, 5.74) is 0. The van der Waals surface area contributed by atoms with Gasteiger partial charge in [-0.15, -0.1) is 23.5 Å². The third kappa shape index (κ3) is 86.8. The van der Waals surface area contributed by atoms with E-state index >= 15 is 0 Å². The number of hydrogen-bond acceptors (Lipinski definition) is 16. The number of carbonyl (C=O) groups excluding carboxylic acids is 2. The molecule has 0 aromatic heterocycles. The summed E-state index contributed by atoms with van der Waals surface area (Å²) in [4.78, 5) is 31.3. The second kappa shape index (κ2) is 91.6.